The van der Waals surface area contributed by atoms with Gasteiger partial charge in [0.05, 0.1) is 0 Å². The van der Waals surface area contributed by atoms with Gasteiger partial charge in [-0.25, -0.2) is 0 Å². The summed E-state index contributed by atoms with van der Waals surface area (Å²) < 4.78 is 0.995. The molecular formula is C7H9IN2O. The van der Waals surface area contributed by atoms with E-state index < -0.39 is 0 Å². The standard InChI is InChI=1S/C7H9IN2O/c1-4(9)6-2-5(8)3-10-7(6)11/h2-4H,9H2,1H3,(H,10,11)/t4-/m1/s1. The van der Waals surface area contributed by atoms with E-state index in [9.17, 15) is 4.79 Å². The fraction of sp³-hybridized carbons (Fsp3) is 0.286. The molecule has 0 saturated heterocycles. The molecule has 0 spiro atoms. The van der Waals surface area contributed by atoms with Gasteiger partial charge in [-0.15, -0.1) is 0 Å². The Morgan fingerprint density at radius 2 is 2.36 bits per heavy atom. The van der Waals surface area contributed by atoms with E-state index in [-0.39, 0.29) is 11.6 Å². The minimum absolute atomic E-state index is 0.0968. The number of aromatic amines is 1. The van der Waals surface area contributed by atoms with E-state index in [1.54, 1.807) is 19.2 Å². The van der Waals surface area contributed by atoms with Gasteiger partial charge in [-0.05, 0) is 35.6 Å². The van der Waals surface area contributed by atoms with Crippen LogP contribution in [-0.4, -0.2) is 4.98 Å². The van der Waals surface area contributed by atoms with Crippen molar-refractivity contribution < 1.29 is 0 Å². The number of hydrogen-bond donors (Lipinski definition) is 2. The van der Waals surface area contributed by atoms with Crippen LogP contribution in [0.25, 0.3) is 0 Å². The van der Waals surface area contributed by atoms with E-state index in [2.05, 4.69) is 27.6 Å². The van der Waals surface area contributed by atoms with Gasteiger partial charge < -0.3 is 10.7 Å². The highest BCUT2D eigenvalue weighted by Crippen LogP contribution is 2.07. The molecule has 3 N–H and O–H groups in total. The maximum atomic E-state index is 11.1. The Bertz CT molecular complexity index is 306. The second-order valence-corrected chi connectivity index (χ2v) is 3.64. The number of nitrogens with two attached hydrogens (primary N) is 1. The van der Waals surface area contributed by atoms with E-state index in [1.807, 2.05) is 0 Å². The van der Waals surface area contributed by atoms with Gasteiger partial charge in [0, 0.05) is 21.4 Å². The lowest BCUT2D eigenvalue weighted by Gasteiger charge is -2.02. The quantitative estimate of drug-likeness (QED) is 0.743. The monoisotopic (exact) mass is 264 g/mol. The summed E-state index contributed by atoms with van der Waals surface area (Å²) in [6.45, 7) is 1.79. The zero-order valence-corrected chi connectivity index (χ0v) is 8.25. The second kappa shape index (κ2) is 3.36. The van der Waals surface area contributed by atoms with Crippen LogP contribution in [0.15, 0.2) is 17.1 Å². The molecule has 1 aromatic heterocycles. The molecule has 0 aromatic carbocycles. The summed E-state index contributed by atoms with van der Waals surface area (Å²) in [4.78, 5) is 13.7. The van der Waals surface area contributed by atoms with Gasteiger partial charge in [-0.1, -0.05) is 0 Å². The summed E-state index contributed by atoms with van der Waals surface area (Å²) in [5, 5.41) is 0. The van der Waals surface area contributed by atoms with E-state index in [0.29, 0.717) is 5.56 Å². The van der Waals surface area contributed by atoms with Crippen LogP contribution in [0.2, 0.25) is 0 Å². The zero-order valence-electron chi connectivity index (χ0n) is 6.10. The van der Waals surface area contributed by atoms with Crippen molar-refractivity contribution in [2.24, 2.45) is 5.73 Å². The van der Waals surface area contributed by atoms with Crippen LogP contribution < -0.4 is 11.3 Å². The minimum atomic E-state index is -0.200. The van der Waals surface area contributed by atoms with Crippen molar-refractivity contribution in [3.05, 3.63) is 31.8 Å². The lowest BCUT2D eigenvalue weighted by molar-refractivity contribution is 0.798. The van der Waals surface area contributed by atoms with Crippen LogP contribution >= 0.6 is 22.6 Å². The van der Waals surface area contributed by atoms with Crippen molar-refractivity contribution in [2.45, 2.75) is 13.0 Å². The number of pyridine rings is 1. The van der Waals surface area contributed by atoms with Gasteiger partial charge in [-0.3, -0.25) is 4.79 Å². The van der Waals surface area contributed by atoms with Crippen LogP contribution in [0.3, 0.4) is 0 Å². The molecule has 0 fully saturated rings. The van der Waals surface area contributed by atoms with Crippen LogP contribution in [-0.2, 0) is 0 Å². The molecule has 0 unspecified atom stereocenters. The molecule has 11 heavy (non-hydrogen) atoms. The summed E-state index contributed by atoms with van der Waals surface area (Å²) in [6.07, 6.45) is 1.66. The van der Waals surface area contributed by atoms with Crippen molar-refractivity contribution in [1.29, 1.82) is 0 Å². The molecule has 1 atom stereocenters. The maximum Gasteiger partial charge on any atom is 0.252 e. The number of aromatic nitrogens is 1. The van der Waals surface area contributed by atoms with E-state index in [4.69, 9.17) is 5.73 Å². The predicted octanol–water partition coefficient (Wildman–Crippen LogP) is 0.999. The third-order valence-electron chi connectivity index (χ3n) is 1.39. The Labute approximate surface area is 78.1 Å². The zero-order chi connectivity index (χ0) is 8.43. The Morgan fingerprint density at radius 1 is 1.73 bits per heavy atom. The highest BCUT2D eigenvalue weighted by atomic mass is 127. The topological polar surface area (TPSA) is 58.9 Å². The van der Waals surface area contributed by atoms with Crippen molar-refractivity contribution in [3.63, 3.8) is 0 Å². The Morgan fingerprint density at radius 3 is 2.82 bits per heavy atom. The molecule has 1 rings (SSSR count). The lowest BCUT2D eigenvalue weighted by atomic mass is 10.1. The smallest absolute Gasteiger partial charge is 0.252 e. The van der Waals surface area contributed by atoms with Crippen molar-refractivity contribution in [3.8, 4) is 0 Å². The Hall–Kier alpha value is -0.360. The molecule has 0 amide bonds. The van der Waals surface area contributed by atoms with Crippen molar-refractivity contribution >= 4 is 22.6 Å². The number of hydrogen-bond acceptors (Lipinski definition) is 2. The molecule has 4 heteroatoms. The highest BCUT2D eigenvalue weighted by Gasteiger charge is 2.04. The first-order chi connectivity index (χ1) is 5.11. The summed E-state index contributed by atoms with van der Waals surface area (Å²) in [6, 6.07) is 1.60. The molecule has 0 saturated carbocycles. The first kappa shape index (κ1) is 8.73. The summed E-state index contributed by atoms with van der Waals surface area (Å²) >= 11 is 2.13. The number of H-pyrrole nitrogens is 1. The molecular weight excluding hydrogens is 255 g/mol. The highest BCUT2D eigenvalue weighted by molar-refractivity contribution is 14.1. The lowest BCUT2D eigenvalue weighted by Crippen LogP contribution is -2.19. The van der Waals surface area contributed by atoms with Crippen LogP contribution in [0.4, 0.5) is 0 Å². The SMILES string of the molecule is C[C@@H](N)c1cc(I)c[nH]c1=O. The Kier molecular flexibility index (Phi) is 2.67. The fourth-order valence-corrected chi connectivity index (χ4v) is 1.30. The predicted molar refractivity (Wildman–Crippen MR) is 52.4 cm³/mol. The second-order valence-electron chi connectivity index (χ2n) is 2.39. The molecule has 0 aliphatic heterocycles. The van der Waals surface area contributed by atoms with E-state index >= 15 is 0 Å². The van der Waals surface area contributed by atoms with Gasteiger partial charge >= 0.3 is 0 Å². The normalized spacial score (nSPS) is 13.0. The minimum Gasteiger partial charge on any atom is -0.328 e. The molecule has 1 aromatic rings. The van der Waals surface area contributed by atoms with Crippen LogP contribution in [0.5, 0.6) is 0 Å². The molecule has 0 radical (unpaired) electrons. The molecule has 0 aliphatic rings. The van der Waals surface area contributed by atoms with E-state index in [0.717, 1.165) is 3.57 Å². The van der Waals surface area contributed by atoms with Crippen molar-refractivity contribution in [2.75, 3.05) is 0 Å². The number of nitrogens with one attached hydrogen (secondary N) is 1. The fourth-order valence-electron chi connectivity index (χ4n) is 0.812. The van der Waals surface area contributed by atoms with Crippen LogP contribution in [0.1, 0.15) is 18.5 Å². The summed E-state index contributed by atoms with van der Waals surface area (Å²) in [7, 11) is 0. The van der Waals surface area contributed by atoms with E-state index in [1.165, 1.54) is 0 Å². The third kappa shape index (κ3) is 2.03. The van der Waals surface area contributed by atoms with Gasteiger partial charge in [0.1, 0.15) is 0 Å². The van der Waals surface area contributed by atoms with Gasteiger partial charge in [0.25, 0.3) is 5.56 Å². The average molecular weight is 264 g/mol. The summed E-state index contributed by atoms with van der Waals surface area (Å²) in [5.74, 6) is 0. The Balaban J connectivity index is 3.24. The average Bonchev–Trinajstić information content (AvgIpc) is 1.94. The summed E-state index contributed by atoms with van der Waals surface area (Å²) in [5.41, 5.74) is 6.10. The van der Waals surface area contributed by atoms with Gasteiger partial charge in [-0.2, -0.15) is 0 Å². The molecule has 3 nitrogen and oxygen atoms in total. The van der Waals surface area contributed by atoms with Gasteiger partial charge in [0.2, 0.25) is 0 Å². The maximum absolute atomic E-state index is 11.1. The first-order valence-electron chi connectivity index (χ1n) is 3.25. The number of halogens is 1. The van der Waals surface area contributed by atoms with Gasteiger partial charge in [0.15, 0.2) is 0 Å². The molecule has 0 aliphatic carbocycles. The van der Waals surface area contributed by atoms with Crippen LogP contribution in [0, 0.1) is 3.57 Å². The molecule has 60 valence electrons. The first-order valence-corrected chi connectivity index (χ1v) is 4.33. The number of rotatable bonds is 1. The molecule has 0 bridgehead atoms. The van der Waals surface area contributed by atoms with Crippen molar-refractivity contribution in [1.82, 2.24) is 4.98 Å². The molecule has 1 heterocycles. The largest absolute Gasteiger partial charge is 0.328 e. The third-order valence-corrected chi connectivity index (χ3v) is 2.01.